The zero-order chi connectivity index (χ0) is 28.2. The van der Waals surface area contributed by atoms with Crippen molar-refractivity contribution in [2.45, 2.75) is 40.0 Å². The topological polar surface area (TPSA) is 63.3 Å². The van der Waals surface area contributed by atoms with Crippen LogP contribution in [0.15, 0.2) is 95.2 Å². The van der Waals surface area contributed by atoms with E-state index in [-0.39, 0.29) is 37.1 Å². The third-order valence-electron chi connectivity index (χ3n) is 7.66. The quantitative estimate of drug-likeness (QED) is 0.110. The van der Waals surface area contributed by atoms with Crippen LogP contribution in [0.2, 0.25) is 0 Å². The molecule has 207 valence electrons. The van der Waals surface area contributed by atoms with Gasteiger partial charge in [-0.3, -0.25) is 4.79 Å². The predicted octanol–water partition coefficient (Wildman–Crippen LogP) is 9.25. The van der Waals surface area contributed by atoms with Crippen LogP contribution in [-0.4, -0.2) is 15.9 Å². The number of nitrogens with zero attached hydrogens (tertiary/aromatic N) is 1. The molecule has 0 bridgehead atoms. The molecule has 0 fully saturated rings. The maximum atomic E-state index is 10.0. The second-order valence-electron chi connectivity index (χ2n) is 11.0. The van der Waals surface area contributed by atoms with Gasteiger partial charge in [0.2, 0.25) is 0 Å². The van der Waals surface area contributed by atoms with Crippen LogP contribution < -0.4 is 0 Å². The number of carbonyl (C=O) groups is 1. The van der Waals surface area contributed by atoms with Crippen LogP contribution in [0.1, 0.15) is 44.4 Å². The summed E-state index contributed by atoms with van der Waals surface area (Å²) in [5, 5.41) is 13.1. The van der Waals surface area contributed by atoms with Gasteiger partial charge in [-0.05, 0) is 59.3 Å². The molecular weight excluding hydrogens is 687 g/mol. The Morgan fingerprint density at radius 2 is 1.76 bits per heavy atom. The Balaban J connectivity index is 0.000000379. The number of rotatable bonds is 2. The fraction of sp³-hybridized carbons (Fsp3) is 0.167. The van der Waals surface area contributed by atoms with E-state index in [0.717, 1.165) is 38.9 Å². The van der Waals surface area contributed by atoms with Gasteiger partial charge in [-0.2, -0.15) is 0 Å². The number of allylic oxidation sites excluding steroid dienone is 2. The average molecular weight is 717 g/mol. The Morgan fingerprint density at radius 1 is 1.00 bits per heavy atom. The van der Waals surface area contributed by atoms with E-state index < -0.39 is 0 Å². The molecule has 4 nitrogen and oxygen atoms in total. The van der Waals surface area contributed by atoms with E-state index in [1.54, 1.807) is 0 Å². The second-order valence-corrected chi connectivity index (χ2v) is 11.0. The fourth-order valence-corrected chi connectivity index (χ4v) is 5.99. The van der Waals surface area contributed by atoms with E-state index in [1.807, 2.05) is 24.4 Å². The van der Waals surface area contributed by atoms with E-state index in [9.17, 15) is 4.79 Å². The molecule has 2 heterocycles. The number of aromatic nitrogens is 1. The number of aryl methyl sites for hydroxylation is 1. The molecule has 1 aliphatic rings. The van der Waals surface area contributed by atoms with Crippen molar-refractivity contribution in [2.75, 3.05) is 0 Å². The molecular formula is C36H30IrNO3-. The van der Waals surface area contributed by atoms with E-state index in [4.69, 9.17) is 14.5 Å². The van der Waals surface area contributed by atoms with Crippen molar-refractivity contribution in [3.05, 3.63) is 114 Å². The molecule has 7 rings (SSSR count). The van der Waals surface area contributed by atoms with Crippen molar-refractivity contribution in [1.82, 2.24) is 4.98 Å². The SMILES string of the molecule is CC(=O)/C=C(/C)O.Cc1ccc2cnc3c(c2c1)C(C)(C)c1ccc(-c2ccccc2)c2oc4cc[c-]c-3c4c12.[Ir]. The minimum atomic E-state index is -0.271. The summed E-state index contributed by atoms with van der Waals surface area (Å²) in [7, 11) is 0. The van der Waals surface area contributed by atoms with E-state index in [1.165, 1.54) is 52.8 Å². The predicted molar refractivity (Wildman–Crippen MR) is 163 cm³/mol. The molecule has 1 N–H and O–H groups in total. The number of furan rings is 1. The number of carbonyl (C=O) groups excluding carboxylic acids is 1. The molecule has 0 atom stereocenters. The molecule has 2 aromatic heterocycles. The van der Waals surface area contributed by atoms with Gasteiger partial charge < -0.3 is 14.5 Å². The molecule has 41 heavy (non-hydrogen) atoms. The first-order chi connectivity index (χ1) is 19.2. The van der Waals surface area contributed by atoms with Crippen molar-refractivity contribution in [2.24, 2.45) is 0 Å². The number of pyridine rings is 1. The molecule has 0 spiro atoms. The molecule has 0 amide bonds. The third-order valence-corrected chi connectivity index (χ3v) is 7.66. The van der Waals surface area contributed by atoms with Crippen molar-refractivity contribution in [1.29, 1.82) is 0 Å². The largest absolute Gasteiger partial charge is 0.512 e. The van der Waals surface area contributed by atoms with Gasteiger partial charge in [0.1, 0.15) is 5.58 Å². The minimum absolute atomic E-state index is 0. The summed E-state index contributed by atoms with van der Waals surface area (Å²) in [5.74, 6) is -0.0625. The minimum Gasteiger partial charge on any atom is -0.512 e. The summed E-state index contributed by atoms with van der Waals surface area (Å²) in [5.41, 5.74) is 9.65. The van der Waals surface area contributed by atoms with Crippen molar-refractivity contribution < 1.29 is 34.4 Å². The average Bonchev–Trinajstić information content (AvgIpc) is 3.28. The fourth-order valence-electron chi connectivity index (χ4n) is 5.99. The first kappa shape index (κ1) is 28.5. The summed E-state index contributed by atoms with van der Waals surface area (Å²) in [6, 6.07) is 29.2. The zero-order valence-corrected chi connectivity index (χ0v) is 26.0. The van der Waals surface area contributed by atoms with Crippen LogP contribution in [0, 0.1) is 13.0 Å². The Kier molecular flexibility index (Phi) is 7.46. The maximum Gasteiger partial charge on any atom is 0.155 e. The van der Waals surface area contributed by atoms with Gasteiger partial charge in [0, 0.05) is 43.4 Å². The number of fused-ring (bicyclic) bond motifs is 4. The van der Waals surface area contributed by atoms with Gasteiger partial charge in [0.15, 0.2) is 5.78 Å². The van der Waals surface area contributed by atoms with Crippen molar-refractivity contribution >= 4 is 38.5 Å². The second kappa shape index (κ2) is 10.7. The van der Waals surface area contributed by atoms with Crippen molar-refractivity contribution in [3.63, 3.8) is 0 Å². The normalized spacial score (nSPS) is 13.3. The Labute approximate surface area is 253 Å². The van der Waals surface area contributed by atoms with E-state index in [0.29, 0.717) is 0 Å². The van der Waals surface area contributed by atoms with E-state index in [2.05, 4.69) is 81.4 Å². The number of benzene rings is 4. The Morgan fingerprint density at radius 3 is 2.44 bits per heavy atom. The number of hydrogen-bond donors (Lipinski definition) is 1. The molecule has 6 aromatic rings. The van der Waals surface area contributed by atoms with Gasteiger partial charge in [-0.25, -0.2) is 0 Å². The molecule has 0 saturated heterocycles. The molecule has 1 aliphatic carbocycles. The number of aliphatic hydroxyl groups excluding tert-OH is 1. The molecule has 4 aromatic carbocycles. The number of hydrogen-bond acceptors (Lipinski definition) is 4. The number of aliphatic hydroxyl groups is 1. The first-order valence-electron chi connectivity index (χ1n) is 13.4. The van der Waals surface area contributed by atoms with Crippen LogP contribution in [0.4, 0.5) is 0 Å². The van der Waals surface area contributed by atoms with Crippen LogP contribution in [0.3, 0.4) is 0 Å². The standard InChI is InChI=1S/C31H22NO.C5H8O2.Ir/c1-18-12-13-20-17-32-29-22-10-7-11-25-26(22)27-24(31(2,3)28(29)23(20)16-18)15-14-21(30(27)33-25)19-8-5-4-6-9-19;1-4(6)3-5(2)7;/h4-9,11-17H,1-3H3;3,6H,1-2H3;/q-1;;/b;4-3-;. The van der Waals surface area contributed by atoms with Gasteiger partial charge >= 0.3 is 0 Å². The van der Waals surface area contributed by atoms with Crippen LogP contribution in [0.25, 0.3) is 55.1 Å². The van der Waals surface area contributed by atoms with Crippen LogP contribution in [-0.2, 0) is 30.3 Å². The molecule has 0 aliphatic heterocycles. The van der Waals surface area contributed by atoms with Gasteiger partial charge in [0.05, 0.1) is 11.3 Å². The summed E-state index contributed by atoms with van der Waals surface area (Å²) < 4.78 is 6.56. The van der Waals surface area contributed by atoms with E-state index >= 15 is 0 Å². The summed E-state index contributed by atoms with van der Waals surface area (Å²) >= 11 is 0. The van der Waals surface area contributed by atoms with Gasteiger partial charge in [0.25, 0.3) is 0 Å². The molecule has 0 unspecified atom stereocenters. The molecule has 0 saturated carbocycles. The molecule has 5 heteroatoms. The van der Waals surface area contributed by atoms with Crippen LogP contribution in [0.5, 0.6) is 0 Å². The first-order valence-corrected chi connectivity index (χ1v) is 13.4. The maximum absolute atomic E-state index is 10.0. The Hall–Kier alpha value is -4.05. The Bertz CT molecular complexity index is 1980. The summed E-state index contributed by atoms with van der Waals surface area (Å²) in [6.07, 6.45) is 3.17. The third kappa shape index (κ3) is 4.80. The summed E-state index contributed by atoms with van der Waals surface area (Å²) in [4.78, 5) is 15.0. The van der Waals surface area contributed by atoms with Gasteiger partial charge in [-0.15, -0.1) is 17.7 Å². The monoisotopic (exact) mass is 717 g/mol. The van der Waals surface area contributed by atoms with Gasteiger partial charge in [-0.1, -0.05) is 91.5 Å². The van der Waals surface area contributed by atoms with Crippen molar-refractivity contribution in [3.8, 4) is 22.4 Å². The molecule has 1 radical (unpaired) electrons. The zero-order valence-electron chi connectivity index (χ0n) is 23.6. The summed E-state index contributed by atoms with van der Waals surface area (Å²) in [6.45, 7) is 9.64. The smallest absolute Gasteiger partial charge is 0.155 e. The van der Waals surface area contributed by atoms with Crippen LogP contribution >= 0.6 is 0 Å². The number of ketones is 1.